The van der Waals surface area contributed by atoms with Crippen molar-refractivity contribution < 1.29 is 9.90 Å². The van der Waals surface area contributed by atoms with Crippen LogP contribution in [0, 0.1) is 5.92 Å². The molecule has 18 heavy (non-hydrogen) atoms. The van der Waals surface area contributed by atoms with Gasteiger partial charge in [0, 0.05) is 16.2 Å². The zero-order valence-corrected chi connectivity index (χ0v) is 12.6. The fraction of sp³-hybridized carbons (Fsp3) is 0.500. The van der Waals surface area contributed by atoms with E-state index in [2.05, 4.69) is 42.0 Å². The SMILES string of the molecule is CCC(CC)C(C)Nc1ccc(C(=O)O)cc1Br. The molecule has 0 amide bonds. The maximum Gasteiger partial charge on any atom is 0.335 e. The maximum absolute atomic E-state index is 10.8. The molecule has 1 rings (SSSR count). The first-order valence-electron chi connectivity index (χ1n) is 6.28. The summed E-state index contributed by atoms with van der Waals surface area (Å²) in [5.41, 5.74) is 1.24. The lowest BCUT2D eigenvalue weighted by molar-refractivity contribution is 0.0697. The van der Waals surface area contributed by atoms with E-state index >= 15 is 0 Å². The minimum Gasteiger partial charge on any atom is -0.478 e. The van der Waals surface area contributed by atoms with Crippen LogP contribution in [0.3, 0.4) is 0 Å². The highest BCUT2D eigenvalue weighted by Crippen LogP contribution is 2.26. The van der Waals surface area contributed by atoms with Gasteiger partial charge in [-0.25, -0.2) is 4.79 Å². The number of hydrogen-bond donors (Lipinski definition) is 2. The van der Waals surface area contributed by atoms with E-state index in [4.69, 9.17) is 5.11 Å². The van der Waals surface area contributed by atoms with Gasteiger partial charge in [0.05, 0.1) is 5.56 Å². The second-order valence-corrected chi connectivity index (χ2v) is 5.36. The fourth-order valence-corrected chi connectivity index (χ4v) is 2.62. The molecule has 1 aromatic rings. The van der Waals surface area contributed by atoms with Crippen LogP contribution in [0.15, 0.2) is 22.7 Å². The average Bonchev–Trinajstić information content (AvgIpc) is 2.33. The van der Waals surface area contributed by atoms with Crippen molar-refractivity contribution in [3.63, 3.8) is 0 Å². The van der Waals surface area contributed by atoms with Crippen LogP contribution in [0.1, 0.15) is 44.0 Å². The van der Waals surface area contributed by atoms with Crippen molar-refractivity contribution in [3.8, 4) is 0 Å². The van der Waals surface area contributed by atoms with Crippen molar-refractivity contribution in [2.75, 3.05) is 5.32 Å². The number of nitrogens with one attached hydrogen (secondary N) is 1. The predicted molar refractivity (Wildman–Crippen MR) is 78.3 cm³/mol. The van der Waals surface area contributed by atoms with Crippen LogP contribution < -0.4 is 5.32 Å². The molecule has 0 fully saturated rings. The topological polar surface area (TPSA) is 49.3 Å². The molecule has 1 unspecified atom stereocenters. The Labute approximate surface area is 117 Å². The molecule has 0 saturated heterocycles. The Balaban J connectivity index is 2.82. The zero-order chi connectivity index (χ0) is 13.7. The summed E-state index contributed by atoms with van der Waals surface area (Å²) in [5.74, 6) is -0.286. The van der Waals surface area contributed by atoms with Crippen LogP contribution in [0.5, 0.6) is 0 Å². The Morgan fingerprint density at radius 3 is 2.44 bits per heavy atom. The first-order valence-corrected chi connectivity index (χ1v) is 7.08. The van der Waals surface area contributed by atoms with Gasteiger partial charge in [-0.2, -0.15) is 0 Å². The molecule has 2 N–H and O–H groups in total. The number of anilines is 1. The van der Waals surface area contributed by atoms with Gasteiger partial charge in [0.15, 0.2) is 0 Å². The van der Waals surface area contributed by atoms with E-state index in [1.165, 1.54) is 0 Å². The normalized spacial score (nSPS) is 12.5. The minimum absolute atomic E-state index is 0.294. The summed E-state index contributed by atoms with van der Waals surface area (Å²) in [6.45, 7) is 6.54. The molecular formula is C14H20BrNO2. The van der Waals surface area contributed by atoms with E-state index in [1.807, 2.05) is 6.07 Å². The highest BCUT2D eigenvalue weighted by atomic mass is 79.9. The number of hydrogen-bond acceptors (Lipinski definition) is 2. The first-order chi connectivity index (χ1) is 8.49. The summed E-state index contributed by atoms with van der Waals surface area (Å²) in [4.78, 5) is 10.8. The second kappa shape index (κ2) is 6.78. The molecule has 3 nitrogen and oxygen atoms in total. The van der Waals surface area contributed by atoms with Gasteiger partial charge < -0.3 is 10.4 Å². The molecule has 0 aliphatic carbocycles. The lowest BCUT2D eigenvalue weighted by Crippen LogP contribution is -2.25. The first kappa shape index (κ1) is 15.0. The molecule has 0 aromatic heterocycles. The van der Waals surface area contributed by atoms with Gasteiger partial charge in [0.25, 0.3) is 0 Å². The van der Waals surface area contributed by atoms with Gasteiger partial charge in [-0.3, -0.25) is 0 Å². The van der Waals surface area contributed by atoms with Crippen molar-refractivity contribution >= 4 is 27.6 Å². The lowest BCUT2D eigenvalue weighted by Gasteiger charge is -2.24. The van der Waals surface area contributed by atoms with Gasteiger partial charge in [-0.1, -0.05) is 26.7 Å². The van der Waals surface area contributed by atoms with E-state index in [-0.39, 0.29) is 0 Å². The number of halogens is 1. The van der Waals surface area contributed by atoms with Crippen molar-refractivity contribution in [2.24, 2.45) is 5.92 Å². The van der Waals surface area contributed by atoms with Crippen molar-refractivity contribution in [2.45, 2.75) is 39.7 Å². The number of carboxylic acid groups (broad SMARTS) is 1. The molecule has 0 heterocycles. The van der Waals surface area contributed by atoms with Gasteiger partial charge in [0.1, 0.15) is 0 Å². The molecule has 100 valence electrons. The average molecular weight is 314 g/mol. The van der Waals surface area contributed by atoms with Crippen molar-refractivity contribution in [1.82, 2.24) is 0 Å². The number of aromatic carboxylic acids is 1. The Morgan fingerprint density at radius 2 is 2.00 bits per heavy atom. The van der Waals surface area contributed by atoms with Gasteiger partial charge in [-0.15, -0.1) is 0 Å². The molecular weight excluding hydrogens is 294 g/mol. The van der Waals surface area contributed by atoms with E-state index < -0.39 is 5.97 Å². The fourth-order valence-electron chi connectivity index (χ4n) is 2.12. The number of carboxylic acids is 1. The molecule has 0 bridgehead atoms. The maximum atomic E-state index is 10.8. The van der Waals surface area contributed by atoms with Crippen LogP contribution in [0.25, 0.3) is 0 Å². The quantitative estimate of drug-likeness (QED) is 0.819. The molecule has 0 spiro atoms. The van der Waals surface area contributed by atoms with Crippen LogP contribution >= 0.6 is 15.9 Å². The standard InChI is InChI=1S/C14H20BrNO2/c1-4-10(5-2)9(3)16-13-7-6-11(14(17)18)8-12(13)15/h6-10,16H,4-5H2,1-3H3,(H,17,18). The summed E-state index contributed by atoms with van der Waals surface area (Å²) in [6.07, 6.45) is 2.27. The van der Waals surface area contributed by atoms with Crippen LogP contribution in [-0.2, 0) is 0 Å². The van der Waals surface area contributed by atoms with Crippen LogP contribution in [0.4, 0.5) is 5.69 Å². The van der Waals surface area contributed by atoms with Gasteiger partial charge in [-0.05, 0) is 47.0 Å². The summed E-state index contributed by atoms with van der Waals surface area (Å²) in [6, 6.07) is 5.43. The number of carbonyl (C=O) groups is 1. The molecule has 0 radical (unpaired) electrons. The third-order valence-electron chi connectivity index (χ3n) is 3.36. The molecule has 1 atom stereocenters. The highest BCUT2D eigenvalue weighted by Gasteiger charge is 2.15. The molecule has 0 aliphatic rings. The Bertz CT molecular complexity index is 416. The Morgan fingerprint density at radius 1 is 1.39 bits per heavy atom. The van der Waals surface area contributed by atoms with E-state index in [0.29, 0.717) is 17.5 Å². The van der Waals surface area contributed by atoms with Gasteiger partial charge in [0.2, 0.25) is 0 Å². The molecule has 0 aliphatic heterocycles. The Kier molecular flexibility index (Phi) is 5.66. The summed E-state index contributed by atoms with van der Waals surface area (Å²) >= 11 is 3.41. The predicted octanol–water partition coefficient (Wildman–Crippen LogP) is 4.38. The van der Waals surface area contributed by atoms with Gasteiger partial charge >= 0.3 is 5.97 Å². The third-order valence-corrected chi connectivity index (χ3v) is 4.01. The monoisotopic (exact) mass is 313 g/mol. The van der Waals surface area contributed by atoms with Crippen molar-refractivity contribution in [1.29, 1.82) is 0 Å². The van der Waals surface area contributed by atoms with Crippen molar-refractivity contribution in [3.05, 3.63) is 28.2 Å². The molecule has 1 aromatic carbocycles. The Hall–Kier alpha value is -1.03. The lowest BCUT2D eigenvalue weighted by atomic mass is 9.95. The summed E-state index contributed by atoms with van der Waals surface area (Å²) in [7, 11) is 0. The highest BCUT2D eigenvalue weighted by molar-refractivity contribution is 9.10. The van der Waals surface area contributed by atoms with Crippen LogP contribution in [-0.4, -0.2) is 17.1 Å². The molecule has 4 heteroatoms. The van der Waals surface area contributed by atoms with E-state index in [0.717, 1.165) is 23.0 Å². The second-order valence-electron chi connectivity index (χ2n) is 4.51. The number of rotatable bonds is 6. The number of benzene rings is 1. The largest absolute Gasteiger partial charge is 0.478 e. The zero-order valence-electron chi connectivity index (χ0n) is 11.0. The minimum atomic E-state index is -0.907. The summed E-state index contributed by atoms with van der Waals surface area (Å²) in [5, 5.41) is 12.3. The molecule has 0 saturated carbocycles. The van der Waals surface area contributed by atoms with E-state index in [9.17, 15) is 4.79 Å². The van der Waals surface area contributed by atoms with Crippen LogP contribution in [0.2, 0.25) is 0 Å². The summed E-state index contributed by atoms with van der Waals surface area (Å²) < 4.78 is 0.792. The van der Waals surface area contributed by atoms with E-state index in [1.54, 1.807) is 12.1 Å². The smallest absolute Gasteiger partial charge is 0.335 e. The third kappa shape index (κ3) is 3.73.